The van der Waals surface area contributed by atoms with Gasteiger partial charge in [0, 0.05) is 26.1 Å². The van der Waals surface area contributed by atoms with Crippen LogP contribution in [0.15, 0.2) is 0 Å². The van der Waals surface area contributed by atoms with Crippen LogP contribution in [-0.4, -0.2) is 28.7 Å². The topological polar surface area (TPSA) is 32.3 Å². The third-order valence-corrected chi connectivity index (χ3v) is 2.29. The minimum Gasteiger partial charge on any atom is -0.314 e. The average Bonchev–Trinajstić information content (AvgIpc) is 1.99. The highest BCUT2D eigenvalue weighted by Crippen LogP contribution is 2.02. The molecule has 9 heavy (non-hydrogen) atoms. The van der Waals surface area contributed by atoms with Crippen LogP contribution in [-0.2, 0) is 4.79 Å². The molecule has 0 aliphatic carbocycles. The van der Waals surface area contributed by atoms with Gasteiger partial charge in [0.2, 0.25) is 5.91 Å². The van der Waals surface area contributed by atoms with Crippen LogP contribution in [0.4, 0.5) is 0 Å². The van der Waals surface area contributed by atoms with Gasteiger partial charge in [-0.05, 0) is 0 Å². The van der Waals surface area contributed by atoms with Gasteiger partial charge >= 0.3 is 0 Å². The van der Waals surface area contributed by atoms with E-state index in [4.69, 9.17) is 0 Å². The molecule has 0 aromatic carbocycles. The Balaban J connectivity index is 2.41. The molecule has 0 bridgehead atoms. The van der Waals surface area contributed by atoms with E-state index < -0.39 is 0 Å². The summed E-state index contributed by atoms with van der Waals surface area (Å²) in [4.78, 5) is 10.9. The summed E-state index contributed by atoms with van der Waals surface area (Å²) in [5, 5.41) is 3.14. The second-order valence-corrected chi connectivity index (χ2v) is 3.14. The molecule has 4 heteroatoms. The summed E-state index contributed by atoms with van der Waals surface area (Å²) >= 11 is 2.05. The van der Waals surface area contributed by atoms with Crippen LogP contribution in [0.3, 0.4) is 0 Å². The molecule has 52 valence electrons. The first-order valence-electron chi connectivity index (χ1n) is 2.97. The van der Waals surface area contributed by atoms with Crippen molar-refractivity contribution in [3.63, 3.8) is 0 Å². The molecule has 1 N–H and O–H groups in total. The lowest BCUT2D eigenvalue weighted by molar-refractivity contribution is -0.124. The summed E-state index contributed by atoms with van der Waals surface area (Å²) in [6, 6.07) is 0. The number of halogens is 1. The summed E-state index contributed by atoms with van der Waals surface area (Å²) in [6.07, 6.45) is 0.642. The second-order valence-electron chi connectivity index (χ2n) is 1.98. The first-order valence-corrected chi connectivity index (χ1v) is 3.94. The molecule has 0 radical (unpaired) electrons. The van der Waals surface area contributed by atoms with Crippen molar-refractivity contribution in [3.05, 3.63) is 0 Å². The first kappa shape index (κ1) is 7.27. The van der Waals surface area contributed by atoms with E-state index in [0.29, 0.717) is 6.42 Å². The third kappa shape index (κ3) is 2.09. The van der Waals surface area contributed by atoms with Gasteiger partial charge in [-0.2, -0.15) is 0 Å². The number of rotatable bonds is 0. The summed E-state index contributed by atoms with van der Waals surface area (Å²) in [5.74, 6) is 0.237. The molecular formula is C5H9IN2O. The molecule has 1 aliphatic rings. The van der Waals surface area contributed by atoms with Gasteiger partial charge in [0.25, 0.3) is 0 Å². The zero-order chi connectivity index (χ0) is 6.69. The van der Waals surface area contributed by atoms with Gasteiger partial charge < -0.3 is 5.32 Å². The van der Waals surface area contributed by atoms with Crippen molar-refractivity contribution in [2.45, 2.75) is 6.42 Å². The van der Waals surface area contributed by atoms with Crippen LogP contribution in [0.2, 0.25) is 0 Å². The Hall–Kier alpha value is 0.160. The Morgan fingerprint density at radius 3 is 3.11 bits per heavy atom. The van der Waals surface area contributed by atoms with E-state index >= 15 is 0 Å². The van der Waals surface area contributed by atoms with E-state index in [9.17, 15) is 4.79 Å². The Morgan fingerprint density at radius 1 is 1.56 bits per heavy atom. The smallest absolute Gasteiger partial charge is 0.232 e. The van der Waals surface area contributed by atoms with E-state index in [1.54, 1.807) is 3.11 Å². The maximum absolute atomic E-state index is 10.9. The van der Waals surface area contributed by atoms with Crippen LogP contribution in [0.1, 0.15) is 6.42 Å². The van der Waals surface area contributed by atoms with Crippen molar-refractivity contribution >= 4 is 28.8 Å². The number of carbonyl (C=O) groups excluding carboxylic acids is 1. The van der Waals surface area contributed by atoms with Gasteiger partial charge in [0.15, 0.2) is 0 Å². The Kier molecular flexibility index (Phi) is 2.71. The predicted octanol–water partition coefficient (Wildman–Crippen LogP) is 0.158. The molecule has 3 nitrogen and oxygen atoms in total. The lowest BCUT2D eigenvalue weighted by Crippen LogP contribution is -2.22. The SMILES string of the molecule is O=C1CCNCCN1I. The zero-order valence-electron chi connectivity index (χ0n) is 5.06. The Labute approximate surface area is 68.3 Å². The highest BCUT2D eigenvalue weighted by atomic mass is 127. The Morgan fingerprint density at radius 2 is 2.33 bits per heavy atom. The monoisotopic (exact) mass is 240 g/mol. The number of nitrogens with zero attached hydrogens (tertiary/aromatic N) is 1. The van der Waals surface area contributed by atoms with Crippen LogP contribution in [0, 0.1) is 0 Å². The predicted molar refractivity (Wildman–Crippen MR) is 43.2 cm³/mol. The van der Waals surface area contributed by atoms with Crippen LogP contribution >= 0.6 is 22.9 Å². The van der Waals surface area contributed by atoms with Gasteiger partial charge in [0.1, 0.15) is 0 Å². The third-order valence-electron chi connectivity index (χ3n) is 1.27. The van der Waals surface area contributed by atoms with Crippen molar-refractivity contribution in [2.24, 2.45) is 0 Å². The second kappa shape index (κ2) is 3.36. The van der Waals surface area contributed by atoms with E-state index in [2.05, 4.69) is 28.2 Å². The largest absolute Gasteiger partial charge is 0.314 e. The van der Waals surface area contributed by atoms with Gasteiger partial charge in [0.05, 0.1) is 22.9 Å². The quantitative estimate of drug-likeness (QED) is 0.483. The normalized spacial score (nSPS) is 21.9. The first-order chi connectivity index (χ1) is 4.30. The molecule has 0 spiro atoms. The van der Waals surface area contributed by atoms with Gasteiger partial charge in [-0.3, -0.25) is 7.91 Å². The molecule has 1 rings (SSSR count). The molecule has 1 saturated heterocycles. The number of carbonyl (C=O) groups is 1. The minimum absolute atomic E-state index is 0.237. The average molecular weight is 240 g/mol. The van der Waals surface area contributed by atoms with Crippen LogP contribution in [0.25, 0.3) is 0 Å². The molecule has 1 amide bonds. The van der Waals surface area contributed by atoms with Crippen molar-refractivity contribution in [3.8, 4) is 0 Å². The van der Waals surface area contributed by atoms with Crippen LogP contribution in [0.5, 0.6) is 0 Å². The maximum atomic E-state index is 10.9. The molecule has 0 atom stereocenters. The van der Waals surface area contributed by atoms with E-state index in [1.165, 1.54) is 0 Å². The summed E-state index contributed by atoms with van der Waals surface area (Å²) in [5.41, 5.74) is 0. The van der Waals surface area contributed by atoms with Crippen molar-refractivity contribution in [1.29, 1.82) is 0 Å². The highest BCUT2D eigenvalue weighted by molar-refractivity contribution is 14.1. The standard InChI is InChI=1S/C5H9IN2O/c6-8-4-3-7-2-1-5(8)9/h7H,1-4H2. The molecule has 1 fully saturated rings. The fraction of sp³-hybridized carbons (Fsp3) is 0.800. The van der Waals surface area contributed by atoms with Gasteiger partial charge in [-0.25, -0.2) is 0 Å². The molecule has 1 heterocycles. The number of hydrogen-bond donors (Lipinski definition) is 1. The number of hydrogen-bond acceptors (Lipinski definition) is 2. The van der Waals surface area contributed by atoms with Crippen molar-refractivity contribution < 1.29 is 4.79 Å². The van der Waals surface area contributed by atoms with Crippen LogP contribution < -0.4 is 5.32 Å². The van der Waals surface area contributed by atoms with Gasteiger partial charge in [-0.1, -0.05) is 0 Å². The lowest BCUT2D eigenvalue weighted by Gasteiger charge is -2.08. The fourth-order valence-electron chi connectivity index (χ4n) is 0.744. The zero-order valence-corrected chi connectivity index (χ0v) is 7.22. The minimum atomic E-state index is 0.237. The van der Waals surface area contributed by atoms with Gasteiger partial charge in [-0.15, -0.1) is 0 Å². The molecule has 0 aromatic heterocycles. The lowest BCUT2D eigenvalue weighted by atomic mass is 10.4. The number of amides is 1. The molecule has 1 aliphatic heterocycles. The maximum Gasteiger partial charge on any atom is 0.232 e. The highest BCUT2D eigenvalue weighted by Gasteiger charge is 2.11. The van der Waals surface area contributed by atoms with E-state index in [-0.39, 0.29) is 5.91 Å². The summed E-state index contributed by atoms with van der Waals surface area (Å²) in [6.45, 7) is 2.59. The van der Waals surface area contributed by atoms with E-state index in [0.717, 1.165) is 19.6 Å². The summed E-state index contributed by atoms with van der Waals surface area (Å²) in [7, 11) is 0. The molecular weight excluding hydrogens is 231 g/mol. The van der Waals surface area contributed by atoms with Crippen molar-refractivity contribution in [1.82, 2.24) is 8.43 Å². The van der Waals surface area contributed by atoms with Crippen molar-refractivity contribution in [2.75, 3.05) is 19.6 Å². The molecule has 0 saturated carbocycles. The fourth-order valence-corrected chi connectivity index (χ4v) is 1.23. The Bertz CT molecular complexity index is 118. The summed E-state index contributed by atoms with van der Waals surface area (Å²) < 4.78 is 1.73. The molecule has 0 unspecified atom stereocenters. The molecule has 0 aromatic rings. The van der Waals surface area contributed by atoms with E-state index in [1.807, 2.05) is 0 Å². The number of nitrogens with one attached hydrogen (secondary N) is 1.